The van der Waals surface area contributed by atoms with Crippen LogP contribution in [0.1, 0.15) is 17.5 Å². The molecule has 0 saturated heterocycles. The van der Waals surface area contributed by atoms with Gasteiger partial charge >= 0.3 is 0 Å². The first-order valence-electron chi connectivity index (χ1n) is 8.61. The van der Waals surface area contributed by atoms with Crippen molar-refractivity contribution < 1.29 is 23.8 Å². The molecule has 0 fully saturated rings. The normalized spacial score (nSPS) is 14.1. The summed E-state index contributed by atoms with van der Waals surface area (Å²) in [4.78, 5) is 32.8. The Morgan fingerprint density at radius 3 is 2.29 bits per heavy atom. The maximum atomic E-state index is 12.8. The molecule has 7 heteroatoms. The van der Waals surface area contributed by atoms with Crippen LogP contribution in [0.2, 0.25) is 0 Å². The van der Waals surface area contributed by atoms with Gasteiger partial charge in [0.25, 0.3) is 0 Å². The van der Waals surface area contributed by atoms with Crippen molar-refractivity contribution in [3.8, 4) is 17.2 Å². The number of methoxy groups -OCH3 is 3. The van der Waals surface area contributed by atoms with Gasteiger partial charge in [0.1, 0.15) is 0 Å². The highest BCUT2D eigenvalue weighted by atomic mass is 16.5. The fraction of sp³-hybridized carbons (Fsp3) is 0.190. The van der Waals surface area contributed by atoms with Crippen molar-refractivity contribution in [2.75, 3.05) is 21.3 Å². The molecular formula is C21H18N2O5. The number of hydrogen-bond acceptors (Lipinski definition) is 6. The van der Waals surface area contributed by atoms with Crippen LogP contribution in [0.3, 0.4) is 0 Å². The van der Waals surface area contributed by atoms with E-state index in [1.165, 1.54) is 21.3 Å². The molecule has 0 saturated carbocycles. The van der Waals surface area contributed by atoms with Crippen molar-refractivity contribution in [1.29, 1.82) is 0 Å². The van der Waals surface area contributed by atoms with Gasteiger partial charge in [-0.25, -0.2) is 0 Å². The lowest BCUT2D eigenvalue weighted by molar-refractivity contribution is -0.119. The number of allylic oxidation sites excluding steroid dienone is 2. The number of rotatable bonds is 5. The van der Waals surface area contributed by atoms with E-state index >= 15 is 0 Å². The average Bonchev–Trinajstić information content (AvgIpc) is 3.26. The Bertz CT molecular complexity index is 1120. The van der Waals surface area contributed by atoms with Crippen molar-refractivity contribution >= 4 is 33.6 Å². The molecule has 142 valence electrons. The van der Waals surface area contributed by atoms with Gasteiger partial charge in [-0.3, -0.25) is 14.6 Å². The van der Waals surface area contributed by atoms with Gasteiger partial charge in [-0.05, 0) is 23.8 Å². The van der Waals surface area contributed by atoms with Crippen molar-refractivity contribution in [2.24, 2.45) is 0 Å². The van der Waals surface area contributed by atoms with E-state index in [1.807, 2.05) is 6.07 Å². The summed E-state index contributed by atoms with van der Waals surface area (Å²) in [6, 6.07) is 5.18. The molecule has 0 radical (unpaired) electrons. The molecule has 1 aromatic carbocycles. The van der Waals surface area contributed by atoms with E-state index < -0.39 is 0 Å². The number of carbonyl (C=O) groups excluding carboxylic acids is 2. The maximum absolute atomic E-state index is 12.8. The monoisotopic (exact) mass is 378 g/mol. The molecule has 0 unspecified atom stereocenters. The zero-order valence-electron chi connectivity index (χ0n) is 15.7. The smallest absolute Gasteiger partial charge is 0.203 e. The highest BCUT2D eigenvalue weighted by Gasteiger charge is 2.34. The first kappa shape index (κ1) is 17.8. The number of H-pyrrole nitrogens is 1. The minimum absolute atomic E-state index is 0.172. The van der Waals surface area contributed by atoms with E-state index in [-0.39, 0.29) is 18.0 Å². The standard InChI is InChI=1S/C21H18N2O5/c1-26-17-6-11(7-18(27-2)21(17)28-3)19-15(24)8-16(25)20(19)13-10-23-14-4-5-22-9-12(13)14/h4-7,9-10,23H,8H2,1-3H3. The van der Waals surface area contributed by atoms with Gasteiger partial charge in [0.15, 0.2) is 23.1 Å². The largest absolute Gasteiger partial charge is 0.493 e. The number of hydrogen-bond donors (Lipinski definition) is 1. The molecule has 2 aromatic heterocycles. The number of fused-ring (bicyclic) bond motifs is 1. The number of carbonyl (C=O) groups is 2. The maximum Gasteiger partial charge on any atom is 0.203 e. The van der Waals surface area contributed by atoms with Crippen molar-refractivity contribution in [3.63, 3.8) is 0 Å². The molecule has 0 bridgehead atoms. The van der Waals surface area contributed by atoms with E-state index in [9.17, 15) is 9.59 Å². The van der Waals surface area contributed by atoms with E-state index in [0.717, 1.165) is 10.9 Å². The molecule has 0 spiro atoms. The predicted octanol–water partition coefficient (Wildman–Crippen LogP) is 3.04. The lowest BCUT2D eigenvalue weighted by Crippen LogP contribution is -2.00. The molecule has 1 aliphatic carbocycles. The number of Topliss-reactive ketones (excluding diaryl/α,β-unsaturated/α-hetero) is 2. The fourth-order valence-corrected chi connectivity index (χ4v) is 3.59. The third kappa shape index (κ3) is 2.63. The molecule has 0 amide bonds. The predicted molar refractivity (Wildman–Crippen MR) is 104 cm³/mol. The first-order valence-corrected chi connectivity index (χ1v) is 8.61. The lowest BCUT2D eigenvalue weighted by Gasteiger charge is -2.15. The van der Waals surface area contributed by atoms with Crippen LogP contribution in [0.25, 0.3) is 22.0 Å². The van der Waals surface area contributed by atoms with Crippen LogP contribution in [-0.2, 0) is 9.59 Å². The molecule has 1 N–H and O–H groups in total. The Kier molecular flexibility index (Phi) is 4.35. The number of nitrogens with zero attached hydrogens (tertiary/aromatic N) is 1. The van der Waals surface area contributed by atoms with Gasteiger partial charge < -0.3 is 19.2 Å². The molecule has 28 heavy (non-hydrogen) atoms. The Balaban J connectivity index is 2.00. The SMILES string of the molecule is COc1cc(C2=C(c3c[nH]c4ccncc34)C(=O)CC2=O)cc(OC)c1OC. The third-order valence-electron chi connectivity index (χ3n) is 4.83. The molecule has 3 aromatic rings. The number of ether oxygens (including phenoxy) is 3. The fourth-order valence-electron chi connectivity index (χ4n) is 3.59. The quantitative estimate of drug-likeness (QED) is 0.687. The number of pyridine rings is 1. The lowest BCUT2D eigenvalue weighted by atomic mass is 9.96. The summed E-state index contributed by atoms with van der Waals surface area (Å²) in [5.74, 6) is 0.780. The Hall–Kier alpha value is -3.61. The van der Waals surface area contributed by atoms with Crippen molar-refractivity contribution in [2.45, 2.75) is 6.42 Å². The highest BCUT2D eigenvalue weighted by Crippen LogP contribution is 2.44. The van der Waals surface area contributed by atoms with Crippen LogP contribution in [-0.4, -0.2) is 42.9 Å². The zero-order chi connectivity index (χ0) is 19.8. The van der Waals surface area contributed by atoms with Crippen LogP contribution < -0.4 is 14.2 Å². The Morgan fingerprint density at radius 1 is 0.964 bits per heavy atom. The third-order valence-corrected chi connectivity index (χ3v) is 4.83. The summed E-state index contributed by atoms with van der Waals surface area (Å²) in [7, 11) is 4.51. The van der Waals surface area contributed by atoms with E-state index in [1.54, 1.807) is 30.7 Å². The van der Waals surface area contributed by atoms with Gasteiger partial charge in [-0.1, -0.05) is 0 Å². The van der Waals surface area contributed by atoms with Gasteiger partial charge in [0.2, 0.25) is 5.75 Å². The topological polar surface area (TPSA) is 90.5 Å². The second-order valence-corrected chi connectivity index (χ2v) is 6.31. The molecule has 1 aliphatic rings. The van der Waals surface area contributed by atoms with Gasteiger partial charge in [-0.15, -0.1) is 0 Å². The molecule has 2 heterocycles. The second-order valence-electron chi connectivity index (χ2n) is 6.31. The van der Waals surface area contributed by atoms with Crippen LogP contribution in [0, 0.1) is 0 Å². The summed E-state index contributed by atoms with van der Waals surface area (Å²) in [6.07, 6.45) is 4.90. The van der Waals surface area contributed by atoms with Crippen LogP contribution >= 0.6 is 0 Å². The summed E-state index contributed by atoms with van der Waals surface area (Å²) >= 11 is 0. The minimum atomic E-state index is -0.243. The molecule has 4 rings (SSSR count). The van der Waals surface area contributed by atoms with Crippen LogP contribution in [0.5, 0.6) is 17.2 Å². The molecule has 7 nitrogen and oxygen atoms in total. The van der Waals surface area contributed by atoms with Crippen LogP contribution in [0.4, 0.5) is 0 Å². The summed E-state index contributed by atoms with van der Waals surface area (Å²) in [5, 5.41) is 0.783. The number of aromatic amines is 1. The van der Waals surface area contributed by atoms with E-state index in [4.69, 9.17) is 14.2 Å². The summed E-state index contributed by atoms with van der Waals surface area (Å²) in [6.45, 7) is 0. The van der Waals surface area contributed by atoms with Crippen molar-refractivity contribution in [3.05, 3.63) is 47.9 Å². The zero-order valence-corrected chi connectivity index (χ0v) is 15.7. The molecule has 0 atom stereocenters. The molecular weight excluding hydrogens is 360 g/mol. The van der Waals surface area contributed by atoms with Crippen molar-refractivity contribution in [1.82, 2.24) is 9.97 Å². The van der Waals surface area contributed by atoms with Gasteiger partial charge in [0, 0.05) is 46.2 Å². The second kappa shape index (κ2) is 6.84. The Labute approximate surface area is 160 Å². The summed E-state index contributed by atoms with van der Waals surface area (Å²) < 4.78 is 16.1. The first-order chi connectivity index (χ1) is 13.6. The molecule has 0 aliphatic heterocycles. The minimum Gasteiger partial charge on any atom is -0.493 e. The van der Waals surface area contributed by atoms with E-state index in [0.29, 0.717) is 39.5 Å². The number of aromatic nitrogens is 2. The van der Waals surface area contributed by atoms with Crippen LogP contribution in [0.15, 0.2) is 36.8 Å². The number of nitrogens with one attached hydrogen (secondary N) is 1. The van der Waals surface area contributed by atoms with Gasteiger partial charge in [-0.2, -0.15) is 0 Å². The number of ketones is 2. The Morgan fingerprint density at radius 2 is 1.64 bits per heavy atom. The average molecular weight is 378 g/mol. The van der Waals surface area contributed by atoms with E-state index in [2.05, 4.69) is 9.97 Å². The highest BCUT2D eigenvalue weighted by molar-refractivity contribution is 6.51. The summed E-state index contributed by atoms with van der Waals surface area (Å²) in [5.41, 5.74) is 2.75. The number of benzene rings is 1. The van der Waals surface area contributed by atoms with Gasteiger partial charge in [0.05, 0.1) is 27.8 Å².